The summed E-state index contributed by atoms with van der Waals surface area (Å²) in [7, 11) is 0. The van der Waals surface area contributed by atoms with Gasteiger partial charge in [-0.15, -0.1) is 11.6 Å². The van der Waals surface area contributed by atoms with Gasteiger partial charge in [-0.1, -0.05) is 31.4 Å². The summed E-state index contributed by atoms with van der Waals surface area (Å²) in [6, 6.07) is 3.79. The van der Waals surface area contributed by atoms with Crippen LogP contribution in [-0.4, -0.2) is 13.2 Å². The zero-order valence-electron chi connectivity index (χ0n) is 13.0. The van der Waals surface area contributed by atoms with Gasteiger partial charge in [0, 0.05) is 11.1 Å². The van der Waals surface area contributed by atoms with Crippen LogP contribution in [0.5, 0.6) is 11.5 Å². The molecule has 0 bridgehead atoms. The first-order valence-corrected chi connectivity index (χ1v) is 8.56. The summed E-state index contributed by atoms with van der Waals surface area (Å²) in [5.74, 6) is 1.42. The molecule has 1 aromatic rings. The molecule has 0 heterocycles. The Morgan fingerprint density at radius 1 is 1.10 bits per heavy atom. The highest BCUT2D eigenvalue weighted by molar-refractivity contribution is 6.33. The van der Waals surface area contributed by atoms with E-state index in [1.807, 2.05) is 26.0 Å². The molecule has 0 radical (unpaired) electrons. The molecule has 2 nitrogen and oxygen atoms in total. The first-order chi connectivity index (χ1) is 10.0. The summed E-state index contributed by atoms with van der Waals surface area (Å²) in [5, 5.41) is 0.567. The van der Waals surface area contributed by atoms with Crippen LogP contribution in [0.2, 0.25) is 5.02 Å². The highest BCUT2D eigenvalue weighted by Crippen LogP contribution is 2.53. The molecule has 2 rings (SSSR count). The smallest absolute Gasteiger partial charge is 0.162 e. The molecule has 0 spiro atoms. The van der Waals surface area contributed by atoms with E-state index in [-0.39, 0.29) is 10.8 Å². The molecule has 0 N–H and O–H groups in total. The number of ether oxygens (including phenoxy) is 2. The Morgan fingerprint density at radius 2 is 1.62 bits per heavy atom. The third-order valence-corrected chi connectivity index (χ3v) is 5.38. The first-order valence-electron chi connectivity index (χ1n) is 7.75. The van der Waals surface area contributed by atoms with Crippen molar-refractivity contribution in [2.24, 2.45) is 5.41 Å². The molecular weight excluding hydrogens is 307 g/mol. The van der Waals surface area contributed by atoms with Crippen molar-refractivity contribution in [1.29, 1.82) is 0 Å². The highest BCUT2D eigenvalue weighted by Gasteiger charge is 2.38. The van der Waals surface area contributed by atoms with Crippen molar-refractivity contribution in [3.8, 4) is 11.5 Å². The number of hydrogen-bond donors (Lipinski definition) is 0. The van der Waals surface area contributed by atoms with Gasteiger partial charge in [0.2, 0.25) is 0 Å². The average molecular weight is 331 g/mol. The van der Waals surface area contributed by atoms with E-state index in [4.69, 9.17) is 32.7 Å². The van der Waals surface area contributed by atoms with Gasteiger partial charge in [0.15, 0.2) is 11.5 Å². The van der Waals surface area contributed by atoms with Crippen LogP contribution in [0.1, 0.15) is 57.4 Å². The van der Waals surface area contributed by atoms with E-state index in [1.54, 1.807) is 0 Å². The van der Waals surface area contributed by atoms with Gasteiger partial charge in [-0.2, -0.15) is 0 Å². The van der Waals surface area contributed by atoms with Gasteiger partial charge in [-0.05, 0) is 43.7 Å². The quantitative estimate of drug-likeness (QED) is 0.595. The molecule has 0 aromatic heterocycles. The molecule has 0 aliphatic heterocycles. The van der Waals surface area contributed by atoms with Gasteiger partial charge in [-0.3, -0.25) is 0 Å². The molecule has 1 fully saturated rings. The fourth-order valence-electron chi connectivity index (χ4n) is 3.09. The lowest BCUT2D eigenvalue weighted by molar-refractivity contribution is 0.285. The molecule has 1 aromatic carbocycles. The first kappa shape index (κ1) is 16.8. The second-order valence-corrected chi connectivity index (χ2v) is 6.75. The number of hydrogen-bond acceptors (Lipinski definition) is 2. The fourth-order valence-corrected chi connectivity index (χ4v) is 3.81. The fraction of sp³-hybridized carbons (Fsp3) is 0.647. The van der Waals surface area contributed by atoms with Gasteiger partial charge in [-0.25, -0.2) is 0 Å². The Balaban J connectivity index is 2.36. The molecule has 1 saturated carbocycles. The monoisotopic (exact) mass is 330 g/mol. The van der Waals surface area contributed by atoms with Crippen LogP contribution in [-0.2, 0) is 0 Å². The third-order valence-electron chi connectivity index (χ3n) is 4.29. The van der Waals surface area contributed by atoms with Crippen molar-refractivity contribution in [1.82, 2.24) is 0 Å². The van der Waals surface area contributed by atoms with Crippen LogP contribution in [0, 0.1) is 5.41 Å². The Morgan fingerprint density at radius 3 is 2.14 bits per heavy atom. The average Bonchev–Trinajstić information content (AvgIpc) is 2.89. The van der Waals surface area contributed by atoms with Crippen LogP contribution < -0.4 is 9.47 Å². The maximum Gasteiger partial charge on any atom is 0.162 e. The van der Waals surface area contributed by atoms with Crippen LogP contribution in [0.4, 0.5) is 0 Å². The van der Waals surface area contributed by atoms with Gasteiger partial charge in [0.05, 0.1) is 18.6 Å². The molecule has 0 amide bonds. The Bertz CT molecular complexity index is 482. The van der Waals surface area contributed by atoms with E-state index >= 15 is 0 Å². The maximum atomic E-state index is 6.78. The maximum absolute atomic E-state index is 6.78. The summed E-state index contributed by atoms with van der Waals surface area (Å²) in [6.45, 7) is 7.33. The van der Waals surface area contributed by atoms with Crippen LogP contribution in [0.25, 0.3) is 0 Å². The zero-order valence-corrected chi connectivity index (χ0v) is 14.6. The summed E-state index contributed by atoms with van der Waals surface area (Å²) >= 11 is 13.2. The predicted octanol–water partition coefficient (Wildman–Crippen LogP) is 6.00. The van der Waals surface area contributed by atoms with E-state index < -0.39 is 0 Å². The molecule has 1 aliphatic rings. The van der Waals surface area contributed by atoms with Crippen LogP contribution >= 0.6 is 23.2 Å². The molecule has 4 heteroatoms. The molecule has 118 valence electrons. The normalized spacial score (nSPS) is 18.5. The van der Waals surface area contributed by atoms with Gasteiger partial charge in [0.1, 0.15) is 0 Å². The topological polar surface area (TPSA) is 18.5 Å². The van der Waals surface area contributed by atoms with Gasteiger partial charge in [0.25, 0.3) is 0 Å². The summed E-state index contributed by atoms with van der Waals surface area (Å²) in [6.07, 6.45) is 4.78. The molecule has 0 saturated heterocycles. The SMILES string of the molecule is CCOc1cc(Cl)c(C(Cl)C2(C)CCCC2)cc1OCC. The van der Waals surface area contributed by atoms with Gasteiger partial charge >= 0.3 is 0 Å². The minimum Gasteiger partial charge on any atom is -0.490 e. The number of benzene rings is 1. The minimum atomic E-state index is -0.0950. The minimum absolute atomic E-state index is 0.0950. The lowest BCUT2D eigenvalue weighted by Gasteiger charge is -2.30. The summed E-state index contributed by atoms with van der Waals surface area (Å²) in [5.41, 5.74) is 1.07. The number of alkyl halides is 1. The predicted molar refractivity (Wildman–Crippen MR) is 89.0 cm³/mol. The molecular formula is C17H24Cl2O2. The molecule has 1 atom stereocenters. The number of halogens is 2. The van der Waals surface area contributed by atoms with E-state index in [0.29, 0.717) is 24.0 Å². The molecule has 1 aliphatic carbocycles. The van der Waals surface area contributed by atoms with Gasteiger partial charge < -0.3 is 9.47 Å². The summed E-state index contributed by atoms with van der Waals surface area (Å²) < 4.78 is 11.3. The van der Waals surface area contributed by atoms with Crippen molar-refractivity contribution in [2.75, 3.05) is 13.2 Å². The van der Waals surface area contributed by atoms with E-state index in [1.165, 1.54) is 12.8 Å². The van der Waals surface area contributed by atoms with Crippen molar-refractivity contribution in [3.63, 3.8) is 0 Å². The van der Waals surface area contributed by atoms with E-state index in [0.717, 1.165) is 24.2 Å². The third kappa shape index (κ3) is 3.60. The largest absolute Gasteiger partial charge is 0.490 e. The standard InChI is InChI=1S/C17H24Cl2O2/c1-4-20-14-10-12(13(18)11-15(14)21-5-2)16(19)17(3)8-6-7-9-17/h10-11,16H,4-9H2,1-3H3. The Kier molecular flexibility index (Phi) is 5.67. The molecule has 1 unspecified atom stereocenters. The highest BCUT2D eigenvalue weighted by atomic mass is 35.5. The van der Waals surface area contributed by atoms with E-state index in [2.05, 4.69) is 6.92 Å². The molecule has 21 heavy (non-hydrogen) atoms. The zero-order chi connectivity index (χ0) is 15.5. The van der Waals surface area contributed by atoms with Crippen LogP contribution in [0.3, 0.4) is 0 Å². The van der Waals surface area contributed by atoms with Crippen molar-refractivity contribution >= 4 is 23.2 Å². The lowest BCUT2D eigenvalue weighted by Crippen LogP contribution is -2.18. The Labute approximate surface area is 137 Å². The summed E-state index contributed by atoms with van der Waals surface area (Å²) in [4.78, 5) is 0. The second-order valence-electron chi connectivity index (χ2n) is 5.91. The van der Waals surface area contributed by atoms with Crippen molar-refractivity contribution < 1.29 is 9.47 Å². The van der Waals surface area contributed by atoms with E-state index in [9.17, 15) is 0 Å². The van der Waals surface area contributed by atoms with Crippen LogP contribution in [0.15, 0.2) is 12.1 Å². The van der Waals surface area contributed by atoms with Crippen molar-refractivity contribution in [2.45, 2.75) is 51.8 Å². The van der Waals surface area contributed by atoms with Crippen molar-refractivity contribution in [3.05, 3.63) is 22.7 Å². The lowest BCUT2D eigenvalue weighted by atomic mass is 9.81. The Hall–Kier alpha value is -0.600. The number of rotatable bonds is 6. The second kappa shape index (κ2) is 7.11.